The third-order valence-corrected chi connectivity index (χ3v) is 4.29. The molecule has 1 N–H and O–H groups in total. The zero-order chi connectivity index (χ0) is 18.7. The fourth-order valence-corrected chi connectivity index (χ4v) is 2.95. The molecule has 1 aliphatic rings. The van der Waals surface area contributed by atoms with E-state index in [0.29, 0.717) is 36.1 Å². The van der Waals surface area contributed by atoms with E-state index >= 15 is 0 Å². The molecule has 0 saturated carbocycles. The molecule has 0 spiro atoms. The second kappa shape index (κ2) is 7.63. The number of carbonyl (C=O) groups is 1. The van der Waals surface area contributed by atoms with Gasteiger partial charge < -0.3 is 9.84 Å². The summed E-state index contributed by atoms with van der Waals surface area (Å²) < 4.78 is 42.0. The minimum atomic E-state index is -4.43. The van der Waals surface area contributed by atoms with Crippen LogP contribution in [0.2, 0.25) is 5.02 Å². The smallest absolute Gasteiger partial charge is 0.346 e. The van der Waals surface area contributed by atoms with E-state index in [2.05, 4.69) is 10.1 Å². The summed E-state index contributed by atoms with van der Waals surface area (Å²) in [6.07, 6.45) is -3.23. The van der Waals surface area contributed by atoms with E-state index in [1.165, 1.54) is 0 Å². The summed E-state index contributed by atoms with van der Waals surface area (Å²) in [4.78, 5) is 18.0. The van der Waals surface area contributed by atoms with Crippen molar-refractivity contribution in [3.05, 3.63) is 35.2 Å². The predicted molar refractivity (Wildman–Crippen MR) is 87.2 cm³/mol. The van der Waals surface area contributed by atoms with Crippen LogP contribution in [-0.4, -0.2) is 46.3 Å². The highest BCUT2D eigenvalue weighted by Gasteiger charge is 2.34. The monoisotopic (exact) mass is 388 g/mol. The fraction of sp³-hybridized carbons (Fsp3) is 0.438. The van der Waals surface area contributed by atoms with Crippen LogP contribution >= 0.6 is 11.6 Å². The Morgan fingerprint density at radius 1 is 1.35 bits per heavy atom. The highest BCUT2D eigenvalue weighted by molar-refractivity contribution is 6.30. The molecule has 6 nitrogen and oxygen atoms in total. The molecule has 0 unspecified atom stereocenters. The summed E-state index contributed by atoms with van der Waals surface area (Å²) in [7, 11) is 0. The Labute approximate surface area is 152 Å². The zero-order valence-corrected chi connectivity index (χ0v) is 14.3. The van der Waals surface area contributed by atoms with Gasteiger partial charge in [-0.25, -0.2) is 0 Å². The molecule has 2 aromatic rings. The maximum atomic E-state index is 12.3. The first-order chi connectivity index (χ1) is 12.3. The van der Waals surface area contributed by atoms with Crippen molar-refractivity contribution in [2.45, 2.75) is 31.6 Å². The Hall–Kier alpha value is -2.13. The molecule has 1 atom stereocenters. The molecular weight excluding hydrogens is 373 g/mol. The Bertz CT molecular complexity index is 764. The molecule has 1 aromatic heterocycles. The predicted octanol–water partition coefficient (Wildman–Crippen LogP) is 3.03. The molecule has 26 heavy (non-hydrogen) atoms. The summed E-state index contributed by atoms with van der Waals surface area (Å²) in [5.74, 6) is 0.0386. The van der Waals surface area contributed by atoms with Gasteiger partial charge in [0.05, 0.1) is 12.6 Å². The maximum absolute atomic E-state index is 12.3. The number of amides is 1. The number of likely N-dealkylation sites (tertiary alicyclic amines) is 1. The lowest BCUT2D eigenvalue weighted by Crippen LogP contribution is -2.45. The van der Waals surface area contributed by atoms with Gasteiger partial charge in [0.1, 0.15) is 6.54 Å². The molecule has 1 aromatic carbocycles. The van der Waals surface area contributed by atoms with Crippen LogP contribution in [0.15, 0.2) is 28.8 Å². The highest BCUT2D eigenvalue weighted by Crippen LogP contribution is 2.23. The number of carbonyl (C=O) groups excluding carboxylic acids is 1. The molecule has 1 saturated heterocycles. The number of nitrogens with zero attached hydrogens (tertiary/aromatic N) is 3. The molecule has 1 amide bonds. The Morgan fingerprint density at radius 3 is 2.77 bits per heavy atom. The summed E-state index contributed by atoms with van der Waals surface area (Å²) >= 11 is 5.84. The van der Waals surface area contributed by atoms with Crippen molar-refractivity contribution in [3.8, 4) is 11.4 Å². The summed E-state index contributed by atoms with van der Waals surface area (Å²) in [5.41, 5.74) is 0.727. The minimum Gasteiger partial charge on any atom is -0.346 e. The molecule has 0 bridgehead atoms. The summed E-state index contributed by atoms with van der Waals surface area (Å²) in [5, 5.41) is 6.41. The van der Waals surface area contributed by atoms with Gasteiger partial charge in [-0.15, -0.1) is 0 Å². The van der Waals surface area contributed by atoms with E-state index in [1.807, 2.05) is 5.32 Å². The molecule has 0 radical (unpaired) electrons. The van der Waals surface area contributed by atoms with Gasteiger partial charge in [0.25, 0.3) is 0 Å². The standard InChI is InChI=1S/C16H16ClF3N4O2/c17-11-5-3-10(4-6-11)14-22-13(26-23-14)8-24-7-1-2-12(24)15(25)21-9-16(18,19)20/h3-6,12H,1-2,7-9H2,(H,21,25)/t12-/m0/s1. The van der Waals surface area contributed by atoms with Crippen molar-refractivity contribution in [1.29, 1.82) is 0 Å². The summed E-state index contributed by atoms with van der Waals surface area (Å²) in [6, 6.07) is 6.27. The van der Waals surface area contributed by atoms with E-state index < -0.39 is 24.7 Å². The third-order valence-electron chi connectivity index (χ3n) is 4.04. The molecule has 10 heteroatoms. The van der Waals surface area contributed by atoms with Crippen molar-refractivity contribution in [3.63, 3.8) is 0 Å². The second-order valence-electron chi connectivity index (χ2n) is 5.98. The van der Waals surface area contributed by atoms with E-state index in [-0.39, 0.29) is 6.54 Å². The normalized spacial score (nSPS) is 18.2. The lowest BCUT2D eigenvalue weighted by Gasteiger charge is -2.22. The number of hydrogen-bond donors (Lipinski definition) is 1. The second-order valence-corrected chi connectivity index (χ2v) is 6.42. The molecule has 0 aliphatic carbocycles. The minimum absolute atomic E-state index is 0.199. The SMILES string of the molecule is O=C(NCC(F)(F)F)[C@@H]1CCCN1Cc1nc(-c2ccc(Cl)cc2)no1. The number of rotatable bonds is 5. The molecule has 1 fully saturated rings. The topological polar surface area (TPSA) is 71.3 Å². The van der Waals surface area contributed by atoms with E-state index in [4.69, 9.17) is 16.1 Å². The lowest BCUT2D eigenvalue weighted by atomic mass is 10.2. The van der Waals surface area contributed by atoms with Crippen LogP contribution in [0.4, 0.5) is 13.2 Å². The van der Waals surface area contributed by atoms with Crippen molar-refractivity contribution in [2.75, 3.05) is 13.1 Å². The third kappa shape index (κ3) is 4.73. The Kier molecular flexibility index (Phi) is 5.47. The maximum Gasteiger partial charge on any atom is 0.405 e. The number of alkyl halides is 3. The largest absolute Gasteiger partial charge is 0.405 e. The molecule has 140 valence electrons. The van der Waals surface area contributed by atoms with Crippen molar-refractivity contribution in [1.82, 2.24) is 20.4 Å². The highest BCUT2D eigenvalue weighted by atomic mass is 35.5. The quantitative estimate of drug-likeness (QED) is 0.852. The lowest BCUT2D eigenvalue weighted by molar-refractivity contribution is -0.141. The van der Waals surface area contributed by atoms with Gasteiger partial charge in [-0.05, 0) is 43.7 Å². The first-order valence-electron chi connectivity index (χ1n) is 7.99. The van der Waals surface area contributed by atoms with Crippen LogP contribution in [0.1, 0.15) is 18.7 Å². The van der Waals surface area contributed by atoms with Crippen LogP contribution in [0, 0.1) is 0 Å². The van der Waals surface area contributed by atoms with Crippen LogP contribution < -0.4 is 5.32 Å². The Balaban J connectivity index is 1.63. The first kappa shape index (κ1) is 18.7. The number of aromatic nitrogens is 2. The van der Waals surface area contributed by atoms with Gasteiger partial charge in [0.2, 0.25) is 17.6 Å². The average Bonchev–Trinajstić information content (AvgIpc) is 3.23. The summed E-state index contributed by atoms with van der Waals surface area (Å²) in [6.45, 7) is -0.565. The number of nitrogens with one attached hydrogen (secondary N) is 1. The van der Waals surface area contributed by atoms with Crippen LogP contribution in [0.25, 0.3) is 11.4 Å². The average molecular weight is 389 g/mol. The van der Waals surface area contributed by atoms with Gasteiger partial charge in [-0.2, -0.15) is 18.2 Å². The zero-order valence-electron chi connectivity index (χ0n) is 13.6. The molecule has 3 rings (SSSR count). The molecule has 1 aliphatic heterocycles. The van der Waals surface area contributed by atoms with Gasteiger partial charge >= 0.3 is 6.18 Å². The van der Waals surface area contributed by atoms with Crippen LogP contribution in [-0.2, 0) is 11.3 Å². The van der Waals surface area contributed by atoms with Crippen molar-refractivity contribution in [2.24, 2.45) is 0 Å². The van der Waals surface area contributed by atoms with E-state index in [9.17, 15) is 18.0 Å². The van der Waals surface area contributed by atoms with Crippen molar-refractivity contribution >= 4 is 17.5 Å². The molecule has 2 heterocycles. The van der Waals surface area contributed by atoms with Crippen LogP contribution in [0.5, 0.6) is 0 Å². The van der Waals surface area contributed by atoms with Gasteiger partial charge in [-0.1, -0.05) is 16.8 Å². The Morgan fingerprint density at radius 2 is 2.08 bits per heavy atom. The first-order valence-corrected chi connectivity index (χ1v) is 8.37. The number of hydrogen-bond acceptors (Lipinski definition) is 5. The van der Waals surface area contributed by atoms with Gasteiger partial charge in [0, 0.05) is 10.6 Å². The number of benzene rings is 1. The van der Waals surface area contributed by atoms with Crippen LogP contribution in [0.3, 0.4) is 0 Å². The van der Waals surface area contributed by atoms with Crippen molar-refractivity contribution < 1.29 is 22.5 Å². The van der Waals surface area contributed by atoms with E-state index in [0.717, 1.165) is 5.56 Å². The van der Waals surface area contributed by atoms with Gasteiger partial charge in [0.15, 0.2) is 0 Å². The fourth-order valence-electron chi connectivity index (χ4n) is 2.83. The van der Waals surface area contributed by atoms with Gasteiger partial charge in [-0.3, -0.25) is 9.69 Å². The molecular formula is C16H16ClF3N4O2. The van der Waals surface area contributed by atoms with E-state index in [1.54, 1.807) is 29.2 Å². The number of halogens is 4.